The summed E-state index contributed by atoms with van der Waals surface area (Å²) in [5.41, 5.74) is 0. The second-order valence-corrected chi connectivity index (χ2v) is 3.54. The largest absolute Gasteiger partial charge is 0.313 e. The van der Waals surface area contributed by atoms with Crippen molar-refractivity contribution in [1.29, 1.82) is 0 Å². The van der Waals surface area contributed by atoms with Crippen LogP contribution in [0.4, 0.5) is 0 Å². The first kappa shape index (κ1) is 11.1. The first-order chi connectivity index (χ1) is 5.35. The van der Waals surface area contributed by atoms with Gasteiger partial charge in [0.05, 0.1) is 0 Å². The van der Waals surface area contributed by atoms with E-state index in [1.54, 1.807) is 0 Å². The molecule has 66 valence electrons. The summed E-state index contributed by atoms with van der Waals surface area (Å²) < 4.78 is 0. The highest BCUT2D eigenvalue weighted by molar-refractivity contribution is 7.98. The molecule has 0 radical (unpaired) electrons. The van der Waals surface area contributed by atoms with E-state index in [2.05, 4.69) is 25.1 Å². The van der Waals surface area contributed by atoms with E-state index in [0.29, 0.717) is 6.04 Å². The maximum atomic E-state index is 3.74. The summed E-state index contributed by atoms with van der Waals surface area (Å²) in [7, 11) is 0. The predicted octanol–water partition coefficient (Wildman–Crippen LogP) is 2.29. The van der Waals surface area contributed by atoms with E-state index < -0.39 is 0 Å². The standard InChI is InChI=1S/C9H19NS/c1-4-6-9(8-11-3)10-7-5-2/h4,9-10H,1,5-8H2,2-3H3. The third-order valence-corrected chi connectivity index (χ3v) is 2.24. The molecule has 0 aromatic heterocycles. The first-order valence-corrected chi connectivity index (χ1v) is 5.57. The molecule has 1 nitrogen and oxygen atoms in total. The van der Waals surface area contributed by atoms with Crippen molar-refractivity contribution in [2.75, 3.05) is 18.6 Å². The predicted molar refractivity (Wildman–Crippen MR) is 55.3 cm³/mol. The van der Waals surface area contributed by atoms with Gasteiger partial charge in [-0.3, -0.25) is 0 Å². The lowest BCUT2D eigenvalue weighted by atomic mass is 10.2. The van der Waals surface area contributed by atoms with Crippen molar-refractivity contribution in [2.24, 2.45) is 0 Å². The van der Waals surface area contributed by atoms with Gasteiger partial charge in [0.15, 0.2) is 0 Å². The van der Waals surface area contributed by atoms with Gasteiger partial charge in [-0.05, 0) is 25.6 Å². The second kappa shape index (κ2) is 8.15. The van der Waals surface area contributed by atoms with Crippen LogP contribution in [-0.2, 0) is 0 Å². The van der Waals surface area contributed by atoms with Gasteiger partial charge in [0.1, 0.15) is 0 Å². The molecular weight excluding hydrogens is 154 g/mol. The van der Waals surface area contributed by atoms with Crippen molar-refractivity contribution in [3.63, 3.8) is 0 Å². The van der Waals surface area contributed by atoms with Gasteiger partial charge in [0, 0.05) is 11.8 Å². The Morgan fingerprint density at radius 1 is 1.64 bits per heavy atom. The number of thioether (sulfide) groups is 1. The van der Waals surface area contributed by atoms with Crippen LogP contribution in [0.1, 0.15) is 19.8 Å². The summed E-state index contributed by atoms with van der Waals surface area (Å²) in [6.07, 6.45) is 6.43. The van der Waals surface area contributed by atoms with Crippen molar-refractivity contribution in [3.8, 4) is 0 Å². The molecule has 0 fully saturated rings. The summed E-state index contributed by atoms with van der Waals surface area (Å²) >= 11 is 1.89. The molecule has 0 saturated carbocycles. The molecule has 0 aliphatic heterocycles. The first-order valence-electron chi connectivity index (χ1n) is 4.18. The maximum Gasteiger partial charge on any atom is 0.0192 e. The Labute approximate surface area is 74.6 Å². The van der Waals surface area contributed by atoms with E-state index >= 15 is 0 Å². The van der Waals surface area contributed by atoms with Crippen LogP contribution in [-0.4, -0.2) is 24.6 Å². The van der Waals surface area contributed by atoms with Gasteiger partial charge in [-0.2, -0.15) is 11.8 Å². The smallest absolute Gasteiger partial charge is 0.0192 e. The van der Waals surface area contributed by atoms with Crippen LogP contribution in [0.25, 0.3) is 0 Å². The molecule has 1 unspecified atom stereocenters. The van der Waals surface area contributed by atoms with E-state index in [0.717, 1.165) is 13.0 Å². The minimum absolute atomic E-state index is 0.627. The quantitative estimate of drug-likeness (QED) is 0.593. The molecular formula is C9H19NS. The van der Waals surface area contributed by atoms with Gasteiger partial charge in [-0.25, -0.2) is 0 Å². The molecule has 0 aliphatic rings. The summed E-state index contributed by atoms with van der Waals surface area (Å²) in [6, 6.07) is 0.627. The van der Waals surface area contributed by atoms with Crippen molar-refractivity contribution < 1.29 is 0 Å². The Morgan fingerprint density at radius 2 is 2.36 bits per heavy atom. The molecule has 11 heavy (non-hydrogen) atoms. The normalized spacial score (nSPS) is 12.9. The minimum atomic E-state index is 0.627. The zero-order valence-electron chi connectivity index (χ0n) is 7.60. The molecule has 2 heteroatoms. The topological polar surface area (TPSA) is 12.0 Å². The fraction of sp³-hybridized carbons (Fsp3) is 0.778. The highest BCUT2D eigenvalue weighted by Crippen LogP contribution is 2.01. The number of nitrogens with one attached hydrogen (secondary N) is 1. The van der Waals surface area contributed by atoms with Crippen molar-refractivity contribution in [1.82, 2.24) is 5.32 Å². The van der Waals surface area contributed by atoms with Crippen LogP contribution in [0.3, 0.4) is 0 Å². The average molecular weight is 173 g/mol. The number of rotatable bonds is 7. The highest BCUT2D eigenvalue weighted by Gasteiger charge is 2.02. The summed E-state index contributed by atoms with van der Waals surface area (Å²) in [5.74, 6) is 1.19. The maximum absolute atomic E-state index is 3.74. The SMILES string of the molecule is C=CCC(CSC)NCCC. The fourth-order valence-corrected chi connectivity index (χ4v) is 1.62. The lowest BCUT2D eigenvalue weighted by molar-refractivity contribution is 0.558. The minimum Gasteiger partial charge on any atom is -0.313 e. The van der Waals surface area contributed by atoms with Gasteiger partial charge < -0.3 is 5.32 Å². The van der Waals surface area contributed by atoms with Gasteiger partial charge >= 0.3 is 0 Å². The van der Waals surface area contributed by atoms with Crippen molar-refractivity contribution >= 4 is 11.8 Å². The van der Waals surface area contributed by atoms with Crippen molar-refractivity contribution in [2.45, 2.75) is 25.8 Å². The van der Waals surface area contributed by atoms with Crippen LogP contribution in [0.15, 0.2) is 12.7 Å². The third kappa shape index (κ3) is 6.45. The van der Waals surface area contributed by atoms with Crippen LogP contribution in [0, 0.1) is 0 Å². The van der Waals surface area contributed by atoms with Gasteiger partial charge in [-0.1, -0.05) is 13.0 Å². The molecule has 0 amide bonds. The van der Waals surface area contributed by atoms with Crippen LogP contribution < -0.4 is 5.32 Å². The molecule has 0 rings (SSSR count). The zero-order valence-corrected chi connectivity index (χ0v) is 8.41. The summed E-state index contributed by atoms with van der Waals surface area (Å²) in [4.78, 5) is 0. The Balaban J connectivity index is 3.41. The third-order valence-electron chi connectivity index (χ3n) is 1.50. The van der Waals surface area contributed by atoms with E-state index in [1.165, 1.54) is 12.2 Å². The fourth-order valence-electron chi connectivity index (χ4n) is 0.961. The molecule has 0 saturated heterocycles. The van der Waals surface area contributed by atoms with Gasteiger partial charge in [0.2, 0.25) is 0 Å². The molecule has 0 aromatic carbocycles. The van der Waals surface area contributed by atoms with Crippen LogP contribution in [0.5, 0.6) is 0 Å². The Kier molecular flexibility index (Phi) is 8.19. The van der Waals surface area contributed by atoms with Crippen LogP contribution >= 0.6 is 11.8 Å². The highest BCUT2D eigenvalue weighted by atomic mass is 32.2. The van der Waals surface area contributed by atoms with E-state index in [1.807, 2.05) is 17.8 Å². The molecule has 1 atom stereocenters. The monoisotopic (exact) mass is 173 g/mol. The summed E-state index contributed by atoms with van der Waals surface area (Å²) in [5, 5.41) is 3.48. The molecule has 0 bridgehead atoms. The number of hydrogen-bond acceptors (Lipinski definition) is 2. The summed E-state index contributed by atoms with van der Waals surface area (Å²) in [6.45, 7) is 7.06. The Bertz CT molecular complexity index is 93.6. The molecule has 0 heterocycles. The van der Waals surface area contributed by atoms with Gasteiger partial charge in [-0.15, -0.1) is 6.58 Å². The van der Waals surface area contributed by atoms with Crippen LogP contribution in [0.2, 0.25) is 0 Å². The second-order valence-electron chi connectivity index (χ2n) is 2.63. The van der Waals surface area contributed by atoms with E-state index in [-0.39, 0.29) is 0 Å². The van der Waals surface area contributed by atoms with E-state index in [9.17, 15) is 0 Å². The number of hydrogen-bond donors (Lipinski definition) is 1. The molecule has 0 spiro atoms. The van der Waals surface area contributed by atoms with Gasteiger partial charge in [0.25, 0.3) is 0 Å². The lowest BCUT2D eigenvalue weighted by Gasteiger charge is -2.14. The molecule has 0 aromatic rings. The average Bonchev–Trinajstić information content (AvgIpc) is 2.01. The molecule has 1 N–H and O–H groups in total. The Morgan fingerprint density at radius 3 is 2.82 bits per heavy atom. The lowest BCUT2D eigenvalue weighted by Crippen LogP contribution is -2.31. The van der Waals surface area contributed by atoms with Crippen molar-refractivity contribution in [3.05, 3.63) is 12.7 Å². The molecule has 0 aliphatic carbocycles. The van der Waals surface area contributed by atoms with E-state index in [4.69, 9.17) is 0 Å². The Hall–Kier alpha value is 0.0500. The zero-order chi connectivity index (χ0) is 8.53.